The van der Waals surface area contributed by atoms with E-state index < -0.39 is 32.5 Å². The quantitative estimate of drug-likeness (QED) is 0.0212. The number of carbonyl (C=O) groups excluding carboxylic acids is 2. The van der Waals surface area contributed by atoms with Crippen molar-refractivity contribution in [2.24, 2.45) is 0 Å². The third kappa shape index (κ3) is 53.8. The minimum Gasteiger partial charge on any atom is -0.756 e. The average molecular weight is 1040 g/mol. The molecule has 3 unspecified atom stereocenters. The molecule has 1 N–H and O–H groups in total. The number of amides is 1. The van der Waals surface area contributed by atoms with Gasteiger partial charge in [-0.25, -0.2) is 0 Å². The molecule has 0 radical (unpaired) electrons. The zero-order valence-corrected chi connectivity index (χ0v) is 49.0. The summed E-state index contributed by atoms with van der Waals surface area (Å²) in [5.41, 5.74) is 0. The fourth-order valence-corrected chi connectivity index (χ4v) is 8.87. The Labute approximate surface area is 450 Å². The first-order valence-electron chi connectivity index (χ1n) is 29.9. The van der Waals surface area contributed by atoms with E-state index in [4.69, 9.17) is 13.8 Å². The van der Waals surface area contributed by atoms with Gasteiger partial charge in [-0.1, -0.05) is 228 Å². The molecule has 10 heteroatoms. The number of likely N-dealkylation sites (N-methyl/N-ethyl adjacent to an activating group) is 1. The number of ether oxygens (including phenoxy) is 1. The molecule has 0 saturated carbocycles. The standard InChI is InChI=1S/C63H113N2O7P/c1-7-10-13-16-19-22-25-27-28-29-30-31-32-33-34-35-36-38-40-43-46-49-52-55-62(66)64-60(59-71-73(68,69)70-58-57-65(4,5)6)61(54-51-48-45-42-39-24-21-18-15-12-9-3)72-63(67)56-53-50-47-44-41-37-26-23-20-17-14-11-8-2/h19,22,27-28,30-31,33-34,37,41,47,50-51,54,60-61H,7-18,20-21,23-26,29,32,35-36,38-40,42-46,48-49,52-53,55-59H2,1-6H3,(H-,64,66,68,69)/b22-19-,28-27-,31-30-,34-33-,41-37-,50-47+,54-51-. The summed E-state index contributed by atoms with van der Waals surface area (Å²) in [5, 5.41) is 3.00. The lowest BCUT2D eigenvalue weighted by molar-refractivity contribution is -0.870. The van der Waals surface area contributed by atoms with Gasteiger partial charge in [-0.2, -0.15) is 0 Å². The van der Waals surface area contributed by atoms with Gasteiger partial charge < -0.3 is 28.5 Å². The SMILES string of the molecule is CCCCC/C=C\C/C=C\C/C=C\C/C=C\CCCCCCCCCC(=O)NC(COP(=O)([O-])OCC[N+](C)(C)C)C(/C=C\CCCCCCCCCCC)OC(=O)CC/C=C/C/C=C\CCCCCCCC. The third-order valence-corrected chi connectivity index (χ3v) is 13.8. The third-order valence-electron chi connectivity index (χ3n) is 12.8. The second-order valence-corrected chi connectivity index (χ2v) is 22.6. The monoisotopic (exact) mass is 1040 g/mol. The molecule has 0 aromatic carbocycles. The highest BCUT2D eigenvalue weighted by Crippen LogP contribution is 2.38. The van der Waals surface area contributed by atoms with Gasteiger partial charge in [0.25, 0.3) is 7.82 Å². The summed E-state index contributed by atoms with van der Waals surface area (Å²) in [7, 11) is 1.14. The van der Waals surface area contributed by atoms with Gasteiger partial charge in [0.1, 0.15) is 19.3 Å². The van der Waals surface area contributed by atoms with E-state index >= 15 is 0 Å². The first kappa shape index (κ1) is 70.2. The molecule has 0 aromatic heterocycles. The van der Waals surface area contributed by atoms with Crippen LogP contribution in [0.3, 0.4) is 0 Å². The van der Waals surface area contributed by atoms with Crippen molar-refractivity contribution in [3.8, 4) is 0 Å². The van der Waals surface area contributed by atoms with Crippen LogP contribution in [0.2, 0.25) is 0 Å². The van der Waals surface area contributed by atoms with E-state index in [1.54, 1.807) is 6.08 Å². The van der Waals surface area contributed by atoms with Crippen LogP contribution in [0.4, 0.5) is 0 Å². The van der Waals surface area contributed by atoms with Crippen molar-refractivity contribution < 1.29 is 37.3 Å². The van der Waals surface area contributed by atoms with Crippen molar-refractivity contribution in [1.82, 2.24) is 5.32 Å². The first-order chi connectivity index (χ1) is 35.4. The molecule has 3 atom stereocenters. The van der Waals surface area contributed by atoms with Crippen LogP contribution in [-0.4, -0.2) is 69.4 Å². The minimum atomic E-state index is -4.71. The summed E-state index contributed by atoms with van der Waals surface area (Å²) in [6, 6.07) is -0.919. The van der Waals surface area contributed by atoms with E-state index in [0.29, 0.717) is 23.9 Å². The first-order valence-corrected chi connectivity index (χ1v) is 31.4. The lowest BCUT2D eigenvalue weighted by Crippen LogP contribution is -2.47. The number of hydrogen-bond acceptors (Lipinski definition) is 7. The van der Waals surface area contributed by atoms with E-state index in [2.05, 4.69) is 92.9 Å². The van der Waals surface area contributed by atoms with Crippen LogP contribution in [0.15, 0.2) is 85.1 Å². The molecule has 0 aliphatic carbocycles. The van der Waals surface area contributed by atoms with E-state index in [-0.39, 0.29) is 18.9 Å². The molecule has 0 fully saturated rings. The number of nitrogens with zero attached hydrogens (tertiary/aromatic N) is 1. The van der Waals surface area contributed by atoms with Gasteiger partial charge in [0.2, 0.25) is 5.91 Å². The Kier molecular flexibility index (Phi) is 50.6. The summed E-state index contributed by atoms with van der Waals surface area (Å²) >= 11 is 0. The molecule has 0 rings (SSSR count). The summed E-state index contributed by atoms with van der Waals surface area (Å²) in [6.07, 6.45) is 68.5. The number of hydrogen-bond donors (Lipinski definition) is 1. The highest BCUT2D eigenvalue weighted by Gasteiger charge is 2.27. The molecule has 422 valence electrons. The molecule has 1 amide bonds. The van der Waals surface area contributed by atoms with Crippen molar-refractivity contribution >= 4 is 19.7 Å². The summed E-state index contributed by atoms with van der Waals surface area (Å²) in [6.45, 7) is 6.74. The number of phosphoric ester groups is 1. The number of rotatable bonds is 53. The number of unbranched alkanes of at least 4 members (excludes halogenated alkanes) is 25. The molecule has 0 bridgehead atoms. The average Bonchev–Trinajstić information content (AvgIpc) is 3.35. The Hall–Kier alpha value is -2.81. The summed E-state index contributed by atoms with van der Waals surface area (Å²) in [4.78, 5) is 39.8. The number of phosphoric acid groups is 1. The van der Waals surface area contributed by atoms with Crippen LogP contribution in [0.25, 0.3) is 0 Å². The Morgan fingerprint density at radius 3 is 1.30 bits per heavy atom. The number of esters is 1. The second kappa shape index (κ2) is 52.6. The molecule has 0 saturated heterocycles. The van der Waals surface area contributed by atoms with Crippen LogP contribution in [0.5, 0.6) is 0 Å². The molecule has 0 aliphatic heterocycles. The largest absolute Gasteiger partial charge is 0.756 e. The Morgan fingerprint density at radius 1 is 0.479 bits per heavy atom. The molecule has 73 heavy (non-hydrogen) atoms. The van der Waals surface area contributed by atoms with Crippen molar-refractivity contribution in [3.63, 3.8) is 0 Å². The molecule has 0 aromatic rings. The number of quaternary nitrogens is 1. The van der Waals surface area contributed by atoms with Crippen LogP contribution in [-0.2, 0) is 27.9 Å². The van der Waals surface area contributed by atoms with Gasteiger partial charge in [-0.3, -0.25) is 14.2 Å². The van der Waals surface area contributed by atoms with E-state index in [0.717, 1.165) is 83.5 Å². The Balaban J connectivity index is 5.27. The van der Waals surface area contributed by atoms with Gasteiger partial charge in [0.05, 0.1) is 33.8 Å². The number of allylic oxidation sites excluding steroid dienone is 13. The highest BCUT2D eigenvalue weighted by atomic mass is 31.2. The van der Waals surface area contributed by atoms with Crippen molar-refractivity contribution in [3.05, 3.63) is 85.1 Å². The molecule has 0 heterocycles. The topological polar surface area (TPSA) is 114 Å². The number of carbonyl (C=O) groups is 2. The minimum absolute atomic E-state index is 0.0355. The Morgan fingerprint density at radius 2 is 0.849 bits per heavy atom. The lowest BCUT2D eigenvalue weighted by atomic mass is 10.1. The second-order valence-electron chi connectivity index (χ2n) is 21.1. The van der Waals surface area contributed by atoms with Gasteiger partial charge in [0, 0.05) is 12.8 Å². The maximum atomic E-state index is 13.5. The van der Waals surface area contributed by atoms with Crippen LogP contribution < -0.4 is 10.2 Å². The molecule has 0 aliphatic rings. The number of nitrogens with one attached hydrogen (secondary N) is 1. The van der Waals surface area contributed by atoms with E-state index in [9.17, 15) is 19.0 Å². The van der Waals surface area contributed by atoms with Crippen molar-refractivity contribution in [1.29, 1.82) is 0 Å². The van der Waals surface area contributed by atoms with Crippen molar-refractivity contribution in [2.45, 2.75) is 264 Å². The molecular weight excluding hydrogens is 928 g/mol. The molecular formula is C63H113N2O7P. The fraction of sp³-hybridized carbons (Fsp3) is 0.746. The summed E-state index contributed by atoms with van der Waals surface area (Å²) in [5.74, 6) is -0.635. The normalized spacial score (nSPS) is 14.3. The Bertz CT molecular complexity index is 1530. The van der Waals surface area contributed by atoms with Crippen LogP contribution in [0.1, 0.15) is 252 Å². The maximum Gasteiger partial charge on any atom is 0.306 e. The van der Waals surface area contributed by atoms with Crippen molar-refractivity contribution in [2.75, 3.05) is 40.9 Å². The zero-order chi connectivity index (χ0) is 53.6. The van der Waals surface area contributed by atoms with Gasteiger partial charge in [0.15, 0.2) is 0 Å². The van der Waals surface area contributed by atoms with E-state index in [1.807, 2.05) is 33.3 Å². The summed E-state index contributed by atoms with van der Waals surface area (Å²) < 4.78 is 30.2. The zero-order valence-electron chi connectivity index (χ0n) is 48.1. The van der Waals surface area contributed by atoms with Crippen LogP contribution >= 0.6 is 7.82 Å². The molecule has 9 nitrogen and oxygen atoms in total. The molecule has 0 spiro atoms. The fourth-order valence-electron chi connectivity index (χ4n) is 8.15. The van der Waals surface area contributed by atoms with Gasteiger partial charge >= 0.3 is 5.97 Å². The maximum absolute atomic E-state index is 13.5. The predicted molar refractivity (Wildman–Crippen MR) is 311 cm³/mol. The smallest absolute Gasteiger partial charge is 0.306 e. The highest BCUT2D eigenvalue weighted by molar-refractivity contribution is 7.45. The van der Waals surface area contributed by atoms with Gasteiger partial charge in [-0.05, 0) is 96.0 Å². The predicted octanol–water partition coefficient (Wildman–Crippen LogP) is 17.6. The van der Waals surface area contributed by atoms with Crippen LogP contribution in [0, 0.1) is 0 Å². The van der Waals surface area contributed by atoms with E-state index in [1.165, 1.54) is 128 Å². The van der Waals surface area contributed by atoms with Gasteiger partial charge in [-0.15, -0.1) is 0 Å². The lowest BCUT2D eigenvalue weighted by Gasteiger charge is -2.30.